The van der Waals surface area contributed by atoms with Gasteiger partial charge in [-0.3, -0.25) is 10.1 Å². The molecule has 1 aromatic carbocycles. The van der Waals surface area contributed by atoms with Gasteiger partial charge in [-0.15, -0.1) is 0 Å². The summed E-state index contributed by atoms with van der Waals surface area (Å²) >= 11 is 0. The molecule has 1 aromatic rings. The number of nitrogens with zero attached hydrogens (tertiary/aromatic N) is 2. The third-order valence-electron chi connectivity index (χ3n) is 3.50. The zero-order valence-electron chi connectivity index (χ0n) is 14.6. The zero-order valence-corrected chi connectivity index (χ0v) is 14.6. The number of hydrogen-bond acceptors (Lipinski definition) is 7. The molecule has 1 fully saturated rings. The molecule has 0 aliphatic carbocycles. The van der Waals surface area contributed by atoms with E-state index in [0.717, 1.165) is 7.11 Å². The monoisotopic (exact) mass is 351 g/mol. The van der Waals surface area contributed by atoms with Crippen molar-refractivity contribution in [1.82, 2.24) is 4.90 Å². The topological polar surface area (TPSA) is 111 Å². The first-order valence-corrected chi connectivity index (χ1v) is 7.72. The maximum absolute atomic E-state index is 11.9. The van der Waals surface area contributed by atoms with Gasteiger partial charge in [0.05, 0.1) is 18.1 Å². The molecule has 0 spiro atoms. The summed E-state index contributed by atoms with van der Waals surface area (Å²) in [6.45, 7) is 6.28. The number of nitro benzene ring substituents is 1. The Hall–Kier alpha value is -2.84. The van der Waals surface area contributed by atoms with Crippen LogP contribution in [0.3, 0.4) is 0 Å². The number of benzene rings is 1. The fraction of sp³-hybridized carbons (Fsp3) is 0.500. The number of likely N-dealkylation sites (tertiary alicyclic amines) is 1. The van der Waals surface area contributed by atoms with E-state index in [-0.39, 0.29) is 23.4 Å². The van der Waals surface area contributed by atoms with Crippen LogP contribution in [0.25, 0.3) is 0 Å². The second kappa shape index (κ2) is 6.96. The van der Waals surface area contributed by atoms with Crippen molar-refractivity contribution in [1.29, 1.82) is 0 Å². The Morgan fingerprint density at radius 2 is 1.96 bits per heavy atom. The molecule has 25 heavy (non-hydrogen) atoms. The highest BCUT2D eigenvalue weighted by molar-refractivity contribution is 5.95. The van der Waals surface area contributed by atoms with Gasteiger partial charge in [0, 0.05) is 24.8 Å². The molecule has 1 aliphatic rings. The second-order valence-corrected chi connectivity index (χ2v) is 6.71. The van der Waals surface area contributed by atoms with Gasteiger partial charge < -0.3 is 19.7 Å². The van der Waals surface area contributed by atoms with E-state index in [4.69, 9.17) is 4.74 Å². The van der Waals surface area contributed by atoms with Crippen molar-refractivity contribution in [2.24, 2.45) is 0 Å². The smallest absolute Gasteiger partial charge is 0.410 e. The molecule has 0 saturated carbocycles. The Kier molecular flexibility index (Phi) is 5.15. The molecule has 2 rings (SSSR count). The quantitative estimate of drug-likeness (QED) is 0.504. The molecule has 1 heterocycles. The van der Waals surface area contributed by atoms with E-state index in [1.54, 1.807) is 25.7 Å². The van der Waals surface area contributed by atoms with Crippen molar-refractivity contribution in [3.05, 3.63) is 33.9 Å². The summed E-state index contributed by atoms with van der Waals surface area (Å²) in [7, 11) is 1.16. The van der Waals surface area contributed by atoms with Crippen LogP contribution in [0.4, 0.5) is 16.2 Å². The second-order valence-electron chi connectivity index (χ2n) is 6.71. The predicted octanol–water partition coefficient (Wildman–Crippen LogP) is 2.41. The molecule has 9 nitrogen and oxygen atoms in total. The maximum Gasteiger partial charge on any atom is 0.410 e. The van der Waals surface area contributed by atoms with E-state index in [0.29, 0.717) is 18.8 Å². The number of carbonyl (C=O) groups is 2. The van der Waals surface area contributed by atoms with Crippen molar-refractivity contribution >= 4 is 23.4 Å². The summed E-state index contributed by atoms with van der Waals surface area (Å²) in [4.78, 5) is 35.5. The summed E-state index contributed by atoms with van der Waals surface area (Å²) in [6, 6.07) is 4.11. The third kappa shape index (κ3) is 4.59. The zero-order chi connectivity index (χ0) is 18.8. The molecule has 1 amide bonds. The van der Waals surface area contributed by atoms with Gasteiger partial charge in [-0.05, 0) is 32.9 Å². The van der Waals surface area contributed by atoms with Crippen molar-refractivity contribution in [3.8, 4) is 0 Å². The maximum atomic E-state index is 11.9. The van der Waals surface area contributed by atoms with Crippen LogP contribution in [0.15, 0.2) is 18.2 Å². The number of esters is 1. The van der Waals surface area contributed by atoms with Crippen molar-refractivity contribution < 1.29 is 24.0 Å². The molecule has 1 saturated heterocycles. The number of ether oxygens (including phenoxy) is 2. The number of nitro groups is 1. The van der Waals surface area contributed by atoms with Crippen molar-refractivity contribution in [3.63, 3.8) is 0 Å². The van der Waals surface area contributed by atoms with E-state index in [9.17, 15) is 19.7 Å². The first-order chi connectivity index (χ1) is 11.6. The van der Waals surface area contributed by atoms with Gasteiger partial charge in [-0.1, -0.05) is 0 Å². The Labute approximate surface area is 145 Å². The largest absolute Gasteiger partial charge is 0.465 e. The third-order valence-corrected chi connectivity index (χ3v) is 3.50. The highest BCUT2D eigenvalue weighted by Gasteiger charge is 2.34. The summed E-state index contributed by atoms with van der Waals surface area (Å²) < 4.78 is 9.85. The van der Waals surface area contributed by atoms with Gasteiger partial charge in [0.15, 0.2) is 0 Å². The highest BCUT2D eigenvalue weighted by Crippen LogP contribution is 2.25. The molecular formula is C16H21N3O6. The van der Waals surface area contributed by atoms with Crippen LogP contribution in [0.2, 0.25) is 0 Å². The lowest BCUT2D eigenvalue weighted by atomic mass is 10.1. The lowest BCUT2D eigenvalue weighted by Gasteiger charge is -2.40. The van der Waals surface area contributed by atoms with Crippen LogP contribution in [0, 0.1) is 10.1 Å². The predicted molar refractivity (Wildman–Crippen MR) is 89.7 cm³/mol. The minimum absolute atomic E-state index is 0.0283. The van der Waals surface area contributed by atoms with Gasteiger partial charge in [-0.25, -0.2) is 9.59 Å². The fourth-order valence-electron chi connectivity index (χ4n) is 2.34. The van der Waals surface area contributed by atoms with E-state index < -0.39 is 16.5 Å². The van der Waals surface area contributed by atoms with Crippen LogP contribution >= 0.6 is 0 Å². The van der Waals surface area contributed by atoms with Gasteiger partial charge in [0.2, 0.25) is 0 Å². The summed E-state index contributed by atoms with van der Waals surface area (Å²) in [5.41, 5.74) is -0.453. The molecule has 1 N–H and O–H groups in total. The van der Waals surface area contributed by atoms with E-state index in [1.165, 1.54) is 18.2 Å². The standard InChI is InChI=1S/C16H21N3O6/c1-16(2,3)25-15(21)18-8-11(9-18)17-10-5-6-13(19(22)23)12(7-10)14(20)24-4/h5-7,11,17H,8-9H2,1-4H3. The van der Waals surface area contributed by atoms with Crippen LogP contribution < -0.4 is 5.32 Å². The summed E-state index contributed by atoms with van der Waals surface area (Å²) in [5, 5.41) is 14.1. The lowest BCUT2D eigenvalue weighted by Crippen LogP contribution is -2.57. The minimum Gasteiger partial charge on any atom is -0.465 e. The van der Waals surface area contributed by atoms with Crippen LogP contribution in [0.5, 0.6) is 0 Å². The fourth-order valence-corrected chi connectivity index (χ4v) is 2.34. The number of amides is 1. The summed E-state index contributed by atoms with van der Waals surface area (Å²) in [6.07, 6.45) is -0.385. The highest BCUT2D eigenvalue weighted by atomic mass is 16.6. The molecule has 0 radical (unpaired) electrons. The number of methoxy groups -OCH3 is 1. The number of anilines is 1. The van der Waals surface area contributed by atoms with Gasteiger partial charge in [0.25, 0.3) is 5.69 Å². The SMILES string of the molecule is COC(=O)c1cc(NC2CN(C(=O)OC(C)(C)C)C2)ccc1[N+](=O)[O-]. The molecule has 0 unspecified atom stereocenters. The molecule has 0 bridgehead atoms. The Morgan fingerprint density at radius 1 is 1.32 bits per heavy atom. The van der Waals surface area contributed by atoms with Crippen molar-refractivity contribution in [2.75, 3.05) is 25.5 Å². The van der Waals surface area contributed by atoms with E-state index >= 15 is 0 Å². The first kappa shape index (κ1) is 18.5. The average Bonchev–Trinajstić information content (AvgIpc) is 2.47. The molecule has 1 aliphatic heterocycles. The Bertz CT molecular complexity index is 692. The summed E-state index contributed by atoms with van der Waals surface area (Å²) in [5.74, 6) is -0.778. The molecule has 9 heteroatoms. The lowest BCUT2D eigenvalue weighted by molar-refractivity contribution is -0.385. The number of hydrogen-bond donors (Lipinski definition) is 1. The number of rotatable bonds is 4. The van der Waals surface area contributed by atoms with E-state index in [1.807, 2.05) is 0 Å². The van der Waals surface area contributed by atoms with Gasteiger partial charge >= 0.3 is 12.1 Å². The van der Waals surface area contributed by atoms with Crippen molar-refractivity contribution in [2.45, 2.75) is 32.4 Å². The number of nitrogens with one attached hydrogen (secondary N) is 1. The first-order valence-electron chi connectivity index (χ1n) is 7.72. The van der Waals surface area contributed by atoms with Gasteiger partial charge in [0.1, 0.15) is 11.2 Å². The Balaban J connectivity index is 2.00. The van der Waals surface area contributed by atoms with Crippen LogP contribution in [-0.2, 0) is 9.47 Å². The number of carbonyl (C=O) groups excluding carboxylic acids is 2. The molecule has 0 aromatic heterocycles. The molecule has 136 valence electrons. The van der Waals surface area contributed by atoms with E-state index in [2.05, 4.69) is 10.1 Å². The van der Waals surface area contributed by atoms with Crippen LogP contribution in [-0.4, -0.2) is 53.7 Å². The van der Waals surface area contributed by atoms with Gasteiger partial charge in [-0.2, -0.15) is 0 Å². The average molecular weight is 351 g/mol. The Morgan fingerprint density at radius 3 is 2.48 bits per heavy atom. The normalized spacial score (nSPS) is 14.5. The van der Waals surface area contributed by atoms with Crippen LogP contribution in [0.1, 0.15) is 31.1 Å². The molecular weight excluding hydrogens is 330 g/mol. The molecule has 0 atom stereocenters. The minimum atomic E-state index is -0.778.